The first kappa shape index (κ1) is 18.1. The van der Waals surface area contributed by atoms with Crippen LogP contribution in [0.5, 0.6) is 0 Å². The van der Waals surface area contributed by atoms with Gasteiger partial charge >= 0.3 is 0 Å². The number of anilines is 1. The van der Waals surface area contributed by atoms with Crippen LogP contribution >= 0.6 is 15.9 Å². The van der Waals surface area contributed by atoms with Gasteiger partial charge in [-0.05, 0) is 73.2 Å². The highest BCUT2D eigenvalue weighted by atomic mass is 79.9. The number of fused-ring (bicyclic) bond motifs is 1. The molecule has 0 spiro atoms. The molecule has 0 heterocycles. The topological polar surface area (TPSA) is 63.2 Å². The number of benzene rings is 2. The lowest BCUT2D eigenvalue weighted by molar-refractivity contribution is -0.115. The van der Waals surface area contributed by atoms with Crippen LogP contribution in [0, 0.1) is 0 Å². The predicted molar refractivity (Wildman–Crippen MR) is 103 cm³/mol. The first-order chi connectivity index (χ1) is 11.9. The molecular formula is C19H20BrNO3S. The molecule has 4 nitrogen and oxygen atoms in total. The second-order valence-electron chi connectivity index (χ2n) is 6.26. The molecule has 0 atom stereocenters. The minimum absolute atomic E-state index is 0.0600. The van der Waals surface area contributed by atoms with E-state index in [1.807, 2.05) is 12.1 Å². The quantitative estimate of drug-likeness (QED) is 0.788. The van der Waals surface area contributed by atoms with E-state index in [2.05, 4.69) is 27.3 Å². The van der Waals surface area contributed by atoms with Crippen molar-refractivity contribution in [3.8, 4) is 0 Å². The van der Waals surface area contributed by atoms with Crippen LogP contribution in [0.1, 0.15) is 30.4 Å². The molecule has 2 aromatic carbocycles. The summed E-state index contributed by atoms with van der Waals surface area (Å²) in [6, 6.07) is 12.4. The van der Waals surface area contributed by atoms with Gasteiger partial charge in [-0.2, -0.15) is 0 Å². The van der Waals surface area contributed by atoms with E-state index in [-0.39, 0.29) is 23.0 Å². The van der Waals surface area contributed by atoms with Crippen molar-refractivity contribution in [1.29, 1.82) is 0 Å². The number of amides is 1. The lowest BCUT2D eigenvalue weighted by atomic mass is 9.91. The molecule has 25 heavy (non-hydrogen) atoms. The van der Waals surface area contributed by atoms with E-state index in [0.717, 1.165) is 23.0 Å². The number of nitrogens with one attached hydrogen (secondary N) is 1. The molecule has 132 valence electrons. The van der Waals surface area contributed by atoms with Crippen LogP contribution < -0.4 is 5.32 Å². The molecule has 1 amide bonds. The van der Waals surface area contributed by atoms with Crippen molar-refractivity contribution in [3.63, 3.8) is 0 Å². The van der Waals surface area contributed by atoms with Crippen molar-refractivity contribution in [2.24, 2.45) is 0 Å². The summed E-state index contributed by atoms with van der Waals surface area (Å²) in [6.45, 7) is 0. The van der Waals surface area contributed by atoms with Crippen LogP contribution in [-0.2, 0) is 27.5 Å². The van der Waals surface area contributed by atoms with Gasteiger partial charge in [0.25, 0.3) is 0 Å². The average molecular weight is 422 g/mol. The minimum Gasteiger partial charge on any atom is -0.326 e. The summed E-state index contributed by atoms with van der Waals surface area (Å²) in [4.78, 5) is 12.4. The maximum atomic E-state index is 12.3. The Balaban J connectivity index is 1.60. The highest BCUT2D eigenvalue weighted by Gasteiger charge is 2.17. The van der Waals surface area contributed by atoms with E-state index in [1.165, 1.54) is 24.0 Å². The van der Waals surface area contributed by atoms with Crippen LogP contribution in [0.4, 0.5) is 5.69 Å². The van der Waals surface area contributed by atoms with Gasteiger partial charge in [0.2, 0.25) is 5.91 Å². The summed E-state index contributed by atoms with van der Waals surface area (Å²) in [6.07, 6.45) is 4.46. The summed E-state index contributed by atoms with van der Waals surface area (Å²) in [5.74, 6) is -0.484. The number of carbonyl (C=O) groups excluding carboxylic acids is 1. The van der Waals surface area contributed by atoms with E-state index < -0.39 is 9.84 Å². The predicted octanol–water partition coefficient (Wildman–Crippen LogP) is 4.13. The van der Waals surface area contributed by atoms with Crippen molar-refractivity contribution in [2.75, 3.05) is 11.1 Å². The fraction of sp³-hybridized carbons (Fsp3) is 0.316. The van der Waals surface area contributed by atoms with E-state index in [4.69, 9.17) is 0 Å². The Morgan fingerprint density at radius 2 is 1.68 bits per heavy atom. The molecule has 1 aliphatic carbocycles. The minimum atomic E-state index is -3.46. The Morgan fingerprint density at radius 3 is 2.40 bits per heavy atom. The number of hydrogen-bond acceptors (Lipinski definition) is 3. The van der Waals surface area contributed by atoms with Gasteiger partial charge in [-0.15, -0.1) is 0 Å². The van der Waals surface area contributed by atoms with Crippen LogP contribution in [0.2, 0.25) is 0 Å². The van der Waals surface area contributed by atoms with Gasteiger partial charge in [0.1, 0.15) is 0 Å². The largest absolute Gasteiger partial charge is 0.326 e. The first-order valence-electron chi connectivity index (χ1n) is 8.34. The molecule has 1 N–H and O–H groups in total. The number of hydrogen-bond donors (Lipinski definition) is 1. The molecular weight excluding hydrogens is 402 g/mol. The van der Waals surface area contributed by atoms with Crippen molar-refractivity contribution in [2.45, 2.75) is 37.0 Å². The SMILES string of the molecule is O=C(CCS(=O)(=O)c1ccc(Br)cc1)Nc1ccc2c(c1)CCCC2. The Hall–Kier alpha value is -1.66. The molecule has 0 saturated carbocycles. The van der Waals surface area contributed by atoms with Crippen LogP contribution in [0.3, 0.4) is 0 Å². The van der Waals surface area contributed by atoms with Gasteiger partial charge in [-0.25, -0.2) is 8.42 Å². The van der Waals surface area contributed by atoms with Crippen molar-refractivity contribution in [3.05, 3.63) is 58.1 Å². The van der Waals surface area contributed by atoms with Gasteiger partial charge in [-0.1, -0.05) is 22.0 Å². The molecule has 3 rings (SSSR count). The molecule has 0 bridgehead atoms. The van der Waals surface area contributed by atoms with E-state index in [0.29, 0.717) is 0 Å². The second kappa shape index (κ2) is 7.70. The highest BCUT2D eigenvalue weighted by Crippen LogP contribution is 2.24. The third kappa shape index (κ3) is 4.70. The summed E-state index contributed by atoms with van der Waals surface area (Å²) in [7, 11) is -3.46. The molecule has 0 aromatic heterocycles. The van der Waals surface area contributed by atoms with Crippen LogP contribution in [0.15, 0.2) is 51.8 Å². The Bertz CT molecular complexity index is 876. The third-order valence-corrected chi connectivity index (χ3v) is 6.66. The fourth-order valence-corrected chi connectivity index (χ4v) is 4.53. The molecule has 6 heteroatoms. The van der Waals surface area contributed by atoms with Crippen molar-refractivity contribution >= 4 is 37.4 Å². The molecule has 0 radical (unpaired) electrons. The number of rotatable bonds is 5. The third-order valence-electron chi connectivity index (χ3n) is 4.40. The van der Waals surface area contributed by atoms with E-state index in [1.54, 1.807) is 24.3 Å². The zero-order valence-corrected chi connectivity index (χ0v) is 16.2. The molecule has 0 unspecified atom stereocenters. The van der Waals surface area contributed by atoms with Crippen molar-refractivity contribution < 1.29 is 13.2 Å². The molecule has 2 aromatic rings. The van der Waals surface area contributed by atoms with Crippen molar-refractivity contribution in [1.82, 2.24) is 0 Å². The maximum Gasteiger partial charge on any atom is 0.225 e. The zero-order chi connectivity index (χ0) is 17.9. The standard InChI is InChI=1S/C19H20BrNO3S/c20-16-6-9-18(10-7-16)25(23,24)12-11-19(22)21-17-8-5-14-3-1-2-4-15(14)13-17/h5-10,13H,1-4,11-12H2,(H,21,22). The van der Waals surface area contributed by atoms with Gasteiger partial charge in [0.15, 0.2) is 9.84 Å². The smallest absolute Gasteiger partial charge is 0.225 e. The highest BCUT2D eigenvalue weighted by molar-refractivity contribution is 9.10. The molecule has 0 aliphatic heterocycles. The van der Waals surface area contributed by atoms with E-state index >= 15 is 0 Å². The number of carbonyl (C=O) groups is 1. The Labute approximate surface area is 156 Å². The summed E-state index contributed by atoms with van der Waals surface area (Å²) in [5, 5.41) is 2.81. The van der Waals surface area contributed by atoms with Gasteiger partial charge in [0.05, 0.1) is 10.6 Å². The molecule has 1 aliphatic rings. The van der Waals surface area contributed by atoms with Gasteiger partial charge in [-0.3, -0.25) is 4.79 Å². The summed E-state index contributed by atoms with van der Waals surface area (Å²) in [5.41, 5.74) is 3.38. The normalized spacial score (nSPS) is 14.0. The summed E-state index contributed by atoms with van der Waals surface area (Å²) >= 11 is 3.28. The van der Waals surface area contributed by atoms with E-state index in [9.17, 15) is 13.2 Å². The lowest BCUT2D eigenvalue weighted by Gasteiger charge is -2.16. The van der Waals surface area contributed by atoms with Crippen LogP contribution in [-0.4, -0.2) is 20.1 Å². The Kier molecular flexibility index (Phi) is 5.59. The van der Waals surface area contributed by atoms with Gasteiger partial charge in [0, 0.05) is 16.6 Å². The molecule has 0 fully saturated rings. The van der Waals surface area contributed by atoms with Gasteiger partial charge < -0.3 is 5.32 Å². The second-order valence-corrected chi connectivity index (χ2v) is 9.29. The average Bonchev–Trinajstić information content (AvgIpc) is 2.60. The number of sulfone groups is 1. The first-order valence-corrected chi connectivity index (χ1v) is 10.8. The molecule has 0 saturated heterocycles. The number of halogens is 1. The Morgan fingerprint density at radius 1 is 1.00 bits per heavy atom. The monoisotopic (exact) mass is 421 g/mol. The lowest BCUT2D eigenvalue weighted by Crippen LogP contribution is -2.17. The zero-order valence-electron chi connectivity index (χ0n) is 13.8. The summed E-state index contributed by atoms with van der Waals surface area (Å²) < 4.78 is 25.4. The fourth-order valence-electron chi connectivity index (χ4n) is 3.02. The maximum absolute atomic E-state index is 12.3. The number of aryl methyl sites for hydroxylation is 2. The van der Waals surface area contributed by atoms with Crippen LogP contribution in [0.25, 0.3) is 0 Å².